The van der Waals surface area contributed by atoms with Gasteiger partial charge in [0.25, 0.3) is 0 Å². The Morgan fingerprint density at radius 2 is 1.91 bits per heavy atom. The van der Waals surface area contributed by atoms with E-state index in [-0.39, 0.29) is 24.1 Å². The summed E-state index contributed by atoms with van der Waals surface area (Å²) in [4.78, 5) is 28.1. The second-order valence-electron chi connectivity index (χ2n) is 9.00. The van der Waals surface area contributed by atoms with Crippen molar-refractivity contribution in [3.8, 4) is 5.75 Å². The standard InChI is InChI=1S/C29H27NO4S/c1-18-26(29(33)34-13-12-19-7-3-2-4-8-19)27(20-9-5-10-22(31)15-20)28-23(30-18)16-21(17-24(28)32)25-11-6-14-35-25/h2-11,14-15,21,27,30-31H,12-13,16-17H2,1H3/t21-,27-/m0/s1. The molecule has 2 atom stereocenters. The van der Waals surface area contributed by atoms with Crippen LogP contribution in [0.3, 0.4) is 0 Å². The molecule has 2 aromatic carbocycles. The van der Waals surface area contributed by atoms with Crippen LogP contribution in [-0.4, -0.2) is 23.5 Å². The molecule has 0 amide bonds. The van der Waals surface area contributed by atoms with Gasteiger partial charge < -0.3 is 15.2 Å². The third-order valence-electron chi connectivity index (χ3n) is 6.66. The SMILES string of the molecule is CC1=C(C(=O)OCCc2ccccc2)[C@H](c2cccc(O)c2)C2=C(C[C@H](c3cccs3)CC2=O)N1. The maximum atomic E-state index is 13.5. The van der Waals surface area contributed by atoms with Crippen LogP contribution in [0.25, 0.3) is 0 Å². The average Bonchev–Trinajstić information content (AvgIpc) is 3.39. The number of benzene rings is 2. The lowest BCUT2D eigenvalue weighted by Crippen LogP contribution is -2.36. The number of phenolic OH excluding ortho intramolecular Hbond substituents is 1. The summed E-state index contributed by atoms with van der Waals surface area (Å²) in [6.07, 6.45) is 1.70. The Morgan fingerprint density at radius 3 is 2.66 bits per heavy atom. The van der Waals surface area contributed by atoms with Gasteiger partial charge in [-0.15, -0.1) is 11.3 Å². The second kappa shape index (κ2) is 9.92. The van der Waals surface area contributed by atoms with E-state index in [9.17, 15) is 14.7 Å². The lowest BCUT2D eigenvalue weighted by atomic mass is 9.72. The number of allylic oxidation sites excluding steroid dienone is 3. The average molecular weight is 486 g/mol. The maximum absolute atomic E-state index is 13.5. The van der Waals surface area contributed by atoms with Crippen molar-refractivity contribution < 1.29 is 19.4 Å². The van der Waals surface area contributed by atoms with Gasteiger partial charge in [-0.05, 0) is 48.1 Å². The van der Waals surface area contributed by atoms with Crippen LogP contribution < -0.4 is 5.32 Å². The molecule has 0 spiro atoms. The highest BCUT2D eigenvalue weighted by Crippen LogP contribution is 2.46. The Hall–Kier alpha value is -3.64. The molecule has 2 aliphatic rings. The summed E-state index contributed by atoms with van der Waals surface area (Å²) in [7, 11) is 0. The van der Waals surface area contributed by atoms with Gasteiger partial charge in [0.1, 0.15) is 5.75 Å². The molecule has 0 saturated carbocycles. The molecular weight excluding hydrogens is 458 g/mol. The molecule has 1 aliphatic heterocycles. The van der Waals surface area contributed by atoms with Crippen molar-refractivity contribution in [1.82, 2.24) is 5.32 Å². The van der Waals surface area contributed by atoms with Crippen molar-refractivity contribution in [2.24, 2.45) is 0 Å². The number of thiophene rings is 1. The van der Waals surface area contributed by atoms with Crippen molar-refractivity contribution >= 4 is 23.1 Å². The molecule has 0 bridgehead atoms. The van der Waals surface area contributed by atoms with E-state index in [1.807, 2.05) is 54.8 Å². The van der Waals surface area contributed by atoms with Gasteiger partial charge in [0.15, 0.2) is 5.78 Å². The number of aromatic hydroxyl groups is 1. The fourth-order valence-corrected chi connectivity index (χ4v) is 5.89. The number of carbonyl (C=O) groups excluding carboxylic acids is 2. The van der Waals surface area contributed by atoms with Gasteiger partial charge in [0.05, 0.1) is 12.2 Å². The van der Waals surface area contributed by atoms with Crippen LogP contribution in [0.5, 0.6) is 5.75 Å². The minimum absolute atomic E-state index is 0.0209. The van der Waals surface area contributed by atoms with Crippen LogP contribution in [0, 0.1) is 0 Å². The zero-order valence-electron chi connectivity index (χ0n) is 19.5. The van der Waals surface area contributed by atoms with Gasteiger partial charge in [0.2, 0.25) is 0 Å². The first-order chi connectivity index (χ1) is 17.0. The van der Waals surface area contributed by atoms with Crippen molar-refractivity contribution in [2.75, 3.05) is 6.61 Å². The van der Waals surface area contributed by atoms with Crippen LogP contribution in [0.4, 0.5) is 0 Å². The van der Waals surface area contributed by atoms with Crippen molar-refractivity contribution in [1.29, 1.82) is 0 Å². The molecule has 178 valence electrons. The Labute approximate surface area is 208 Å². The summed E-state index contributed by atoms with van der Waals surface area (Å²) in [5.41, 5.74) is 4.35. The number of hydrogen-bond donors (Lipinski definition) is 2. The number of Topliss-reactive ketones (excluding diaryl/α,β-unsaturated/α-hetero) is 1. The number of phenols is 1. The molecule has 0 radical (unpaired) electrons. The third-order valence-corrected chi connectivity index (χ3v) is 7.70. The van der Waals surface area contributed by atoms with E-state index in [0.29, 0.717) is 41.7 Å². The highest BCUT2D eigenvalue weighted by atomic mass is 32.1. The summed E-state index contributed by atoms with van der Waals surface area (Å²) < 4.78 is 5.70. The summed E-state index contributed by atoms with van der Waals surface area (Å²) >= 11 is 1.66. The molecule has 3 aromatic rings. The van der Waals surface area contributed by atoms with Gasteiger partial charge in [-0.1, -0.05) is 48.5 Å². The van der Waals surface area contributed by atoms with Crippen LogP contribution in [0.1, 0.15) is 47.6 Å². The van der Waals surface area contributed by atoms with Crippen LogP contribution in [0.2, 0.25) is 0 Å². The molecule has 0 unspecified atom stereocenters. The number of ketones is 1. The lowest BCUT2D eigenvalue weighted by Gasteiger charge is -2.36. The number of dihydropyridines is 1. The third kappa shape index (κ3) is 4.80. The Bertz CT molecular complexity index is 1310. The van der Waals surface area contributed by atoms with E-state index in [2.05, 4.69) is 11.4 Å². The van der Waals surface area contributed by atoms with E-state index in [4.69, 9.17) is 4.74 Å². The fraction of sp³-hybridized carbons (Fsp3) is 0.241. The Balaban J connectivity index is 1.46. The predicted molar refractivity (Wildman–Crippen MR) is 136 cm³/mol. The first kappa shape index (κ1) is 23.1. The van der Waals surface area contributed by atoms with Crippen molar-refractivity contribution in [2.45, 2.75) is 38.0 Å². The maximum Gasteiger partial charge on any atom is 0.336 e. The minimum Gasteiger partial charge on any atom is -0.508 e. The van der Waals surface area contributed by atoms with Gasteiger partial charge in [-0.25, -0.2) is 4.79 Å². The summed E-state index contributed by atoms with van der Waals surface area (Å²) in [5, 5.41) is 15.6. The normalized spacial score (nSPS) is 19.9. The van der Waals surface area contributed by atoms with Gasteiger partial charge in [0, 0.05) is 46.5 Å². The first-order valence-electron chi connectivity index (χ1n) is 11.8. The molecule has 1 aliphatic carbocycles. The number of hydrogen-bond acceptors (Lipinski definition) is 6. The van der Waals surface area contributed by atoms with Crippen molar-refractivity contribution in [3.05, 3.63) is 111 Å². The fourth-order valence-electron chi connectivity index (χ4n) is 5.06. The lowest BCUT2D eigenvalue weighted by molar-refractivity contribution is -0.139. The second-order valence-corrected chi connectivity index (χ2v) is 9.98. The molecule has 1 aromatic heterocycles. The van der Waals surface area contributed by atoms with Crippen molar-refractivity contribution in [3.63, 3.8) is 0 Å². The predicted octanol–water partition coefficient (Wildman–Crippen LogP) is 5.60. The topological polar surface area (TPSA) is 75.6 Å². The summed E-state index contributed by atoms with van der Waals surface area (Å²) in [6, 6.07) is 20.7. The Morgan fingerprint density at radius 1 is 1.09 bits per heavy atom. The first-order valence-corrected chi connectivity index (χ1v) is 12.7. The summed E-state index contributed by atoms with van der Waals surface area (Å²) in [6.45, 7) is 2.10. The molecule has 0 saturated heterocycles. The van der Waals surface area contributed by atoms with Crippen LogP contribution in [0.15, 0.2) is 94.7 Å². The molecule has 5 nitrogen and oxygen atoms in total. The number of carbonyl (C=O) groups is 2. The minimum atomic E-state index is -0.584. The zero-order valence-corrected chi connectivity index (χ0v) is 20.3. The molecule has 2 N–H and O–H groups in total. The van der Waals surface area contributed by atoms with E-state index >= 15 is 0 Å². The largest absolute Gasteiger partial charge is 0.508 e. The number of esters is 1. The van der Waals surface area contributed by atoms with Gasteiger partial charge in [-0.3, -0.25) is 4.79 Å². The molecular formula is C29H27NO4S. The van der Waals surface area contributed by atoms with E-state index in [0.717, 1.165) is 11.3 Å². The molecule has 6 heteroatoms. The van der Waals surface area contributed by atoms with Gasteiger partial charge >= 0.3 is 5.97 Å². The zero-order chi connectivity index (χ0) is 24.4. The van der Waals surface area contributed by atoms with Gasteiger partial charge in [-0.2, -0.15) is 0 Å². The van der Waals surface area contributed by atoms with Crippen LogP contribution in [-0.2, 0) is 20.7 Å². The van der Waals surface area contributed by atoms with E-state index < -0.39 is 11.9 Å². The monoisotopic (exact) mass is 485 g/mol. The molecule has 35 heavy (non-hydrogen) atoms. The molecule has 0 fully saturated rings. The molecule has 2 heterocycles. The number of rotatable bonds is 6. The molecule has 5 rings (SSSR count). The number of ether oxygens (including phenoxy) is 1. The quantitative estimate of drug-likeness (QED) is 0.445. The number of nitrogens with one attached hydrogen (secondary N) is 1. The van der Waals surface area contributed by atoms with Crippen LogP contribution >= 0.6 is 11.3 Å². The van der Waals surface area contributed by atoms with E-state index in [1.165, 1.54) is 4.88 Å². The summed E-state index contributed by atoms with van der Waals surface area (Å²) in [5.74, 6) is -0.797. The highest BCUT2D eigenvalue weighted by Gasteiger charge is 2.41. The highest BCUT2D eigenvalue weighted by molar-refractivity contribution is 7.10. The Kier molecular flexibility index (Phi) is 6.55. The smallest absolute Gasteiger partial charge is 0.336 e. The van der Waals surface area contributed by atoms with E-state index in [1.54, 1.807) is 29.5 Å².